The van der Waals surface area contributed by atoms with Crippen LogP contribution in [0.15, 0.2) is 12.1 Å². The van der Waals surface area contributed by atoms with Crippen LogP contribution >= 0.6 is 0 Å². The van der Waals surface area contributed by atoms with Gasteiger partial charge in [-0.25, -0.2) is 9.18 Å². The average Bonchev–Trinajstić information content (AvgIpc) is 2.36. The van der Waals surface area contributed by atoms with Crippen LogP contribution in [0.5, 0.6) is 0 Å². The number of aryl methyl sites for hydroxylation is 1. The normalized spacial score (nSPS) is 11.0. The molecule has 0 bridgehead atoms. The van der Waals surface area contributed by atoms with Gasteiger partial charge in [-0.1, -0.05) is 0 Å². The van der Waals surface area contributed by atoms with Crippen molar-refractivity contribution in [2.75, 3.05) is 18.8 Å². The van der Waals surface area contributed by atoms with Crippen LogP contribution in [-0.4, -0.2) is 30.7 Å². The van der Waals surface area contributed by atoms with E-state index < -0.39 is 23.4 Å². The summed E-state index contributed by atoms with van der Waals surface area (Å²) in [6, 6.07) is 2.73. The highest BCUT2D eigenvalue weighted by Crippen LogP contribution is 2.16. The Bertz CT molecular complexity index is 568. The predicted octanol–water partition coefficient (Wildman–Crippen LogP) is 1.97. The Morgan fingerprint density at radius 3 is 2.41 bits per heavy atom. The molecule has 0 aromatic heterocycles. The van der Waals surface area contributed by atoms with Crippen LogP contribution in [0, 0.1) is 12.7 Å². The summed E-state index contributed by atoms with van der Waals surface area (Å²) in [5.74, 6) is -1.19. The van der Waals surface area contributed by atoms with Gasteiger partial charge in [0.25, 0.3) is 5.91 Å². The fraction of sp³-hybridized carbons (Fsp3) is 0.467. The molecule has 1 aromatic rings. The van der Waals surface area contributed by atoms with Crippen LogP contribution in [0.25, 0.3) is 0 Å². The Kier molecular flexibility index (Phi) is 5.73. The van der Waals surface area contributed by atoms with E-state index in [1.165, 1.54) is 19.1 Å². The average molecular weight is 311 g/mol. The Balaban J connectivity index is 2.46. The summed E-state index contributed by atoms with van der Waals surface area (Å²) in [6.07, 6.45) is -0.576. The third-order valence-electron chi connectivity index (χ3n) is 2.60. The fourth-order valence-corrected chi connectivity index (χ4v) is 1.71. The molecular weight excluding hydrogens is 289 g/mol. The Labute approximate surface area is 129 Å². The van der Waals surface area contributed by atoms with Gasteiger partial charge in [0.05, 0.1) is 5.56 Å². The van der Waals surface area contributed by atoms with Crippen molar-refractivity contribution in [3.05, 3.63) is 29.1 Å². The molecule has 0 saturated heterocycles. The van der Waals surface area contributed by atoms with E-state index in [-0.39, 0.29) is 18.7 Å². The van der Waals surface area contributed by atoms with Crippen LogP contribution in [0.2, 0.25) is 0 Å². The quantitative estimate of drug-likeness (QED) is 0.585. The maximum Gasteiger partial charge on any atom is 0.407 e. The third-order valence-corrected chi connectivity index (χ3v) is 2.60. The smallest absolute Gasteiger partial charge is 0.407 e. The first-order valence-corrected chi connectivity index (χ1v) is 6.91. The van der Waals surface area contributed by atoms with E-state index in [9.17, 15) is 14.0 Å². The van der Waals surface area contributed by atoms with Crippen LogP contribution in [0.4, 0.5) is 14.9 Å². The number of carbonyl (C=O) groups is 2. The van der Waals surface area contributed by atoms with E-state index in [1.54, 1.807) is 20.8 Å². The van der Waals surface area contributed by atoms with E-state index in [0.717, 1.165) is 0 Å². The lowest BCUT2D eigenvalue weighted by Crippen LogP contribution is -2.38. The number of carbonyl (C=O) groups excluding carboxylic acids is 2. The lowest BCUT2D eigenvalue weighted by atomic mass is 10.1. The van der Waals surface area contributed by atoms with Crippen molar-refractivity contribution < 1.29 is 18.7 Å². The second kappa shape index (κ2) is 7.11. The van der Waals surface area contributed by atoms with Gasteiger partial charge in [0.2, 0.25) is 0 Å². The molecule has 0 aliphatic rings. The molecular formula is C15H22FN3O3. The Hall–Kier alpha value is -2.31. The molecule has 2 amide bonds. The molecule has 122 valence electrons. The summed E-state index contributed by atoms with van der Waals surface area (Å²) in [5, 5.41) is 5.00. The number of anilines is 1. The minimum absolute atomic E-state index is 0.116. The topological polar surface area (TPSA) is 93.5 Å². The first-order valence-electron chi connectivity index (χ1n) is 6.91. The van der Waals surface area contributed by atoms with Crippen molar-refractivity contribution in [3.63, 3.8) is 0 Å². The number of amides is 2. The molecule has 0 saturated carbocycles. The molecule has 0 aliphatic carbocycles. The minimum Gasteiger partial charge on any atom is -0.444 e. The molecule has 0 heterocycles. The SMILES string of the molecule is Cc1cc(N)cc(C(=O)NCCNC(=O)OC(C)(C)C)c1F. The summed E-state index contributed by atoms with van der Waals surface area (Å²) in [5.41, 5.74) is 5.51. The fourth-order valence-electron chi connectivity index (χ4n) is 1.71. The van der Waals surface area contributed by atoms with E-state index >= 15 is 0 Å². The lowest BCUT2D eigenvalue weighted by molar-refractivity contribution is 0.0526. The van der Waals surface area contributed by atoms with Crippen LogP contribution < -0.4 is 16.4 Å². The molecule has 0 atom stereocenters. The van der Waals surface area contributed by atoms with Gasteiger partial charge >= 0.3 is 6.09 Å². The largest absolute Gasteiger partial charge is 0.444 e. The molecule has 4 N–H and O–H groups in total. The molecule has 0 fully saturated rings. The van der Waals surface area contributed by atoms with Gasteiger partial charge in [0, 0.05) is 18.8 Å². The number of nitrogens with two attached hydrogens (primary N) is 1. The van der Waals surface area contributed by atoms with Crippen LogP contribution in [0.1, 0.15) is 36.7 Å². The molecule has 0 radical (unpaired) electrons. The van der Waals surface area contributed by atoms with Gasteiger partial charge in [0.15, 0.2) is 0 Å². The molecule has 7 heteroatoms. The molecule has 1 rings (SSSR count). The Morgan fingerprint density at radius 1 is 1.23 bits per heavy atom. The van der Waals surface area contributed by atoms with Gasteiger partial charge in [-0.05, 0) is 45.4 Å². The number of alkyl carbamates (subject to hydrolysis) is 1. The minimum atomic E-state index is -0.605. The zero-order valence-corrected chi connectivity index (χ0v) is 13.2. The summed E-state index contributed by atoms with van der Waals surface area (Å²) in [6.45, 7) is 7.10. The second-order valence-electron chi connectivity index (χ2n) is 5.88. The van der Waals surface area contributed by atoms with E-state index in [1.807, 2.05) is 0 Å². The zero-order valence-electron chi connectivity index (χ0n) is 13.2. The number of ether oxygens (including phenoxy) is 1. The molecule has 0 aliphatic heterocycles. The van der Waals surface area contributed by atoms with Gasteiger partial charge < -0.3 is 21.1 Å². The van der Waals surface area contributed by atoms with Crippen LogP contribution in [-0.2, 0) is 4.74 Å². The summed E-state index contributed by atoms with van der Waals surface area (Å²) in [7, 11) is 0. The molecule has 22 heavy (non-hydrogen) atoms. The van der Waals surface area contributed by atoms with Gasteiger partial charge in [-0.3, -0.25) is 4.79 Å². The summed E-state index contributed by atoms with van der Waals surface area (Å²) in [4.78, 5) is 23.3. The maximum absolute atomic E-state index is 13.8. The number of nitrogens with one attached hydrogen (secondary N) is 2. The molecule has 0 unspecified atom stereocenters. The maximum atomic E-state index is 13.8. The molecule has 6 nitrogen and oxygen atoms in total. The van der Waals surface area contributed by atoms with E-state index in [0.29, 0.717) is 11.3 Å². The van der Waals surface area contributed by atoms with Gasteiger partial charge in [-0.15, -0.1) is 0 Å². The van der Waals surface area contributed by atoms with Crippen molar-refractivity contribution in [2.45, 2.75) is 33.3 Å². The van der Waals surface area contributed by atoms with Crippen LogP contribution in [0.3, 0.4) is 0 Å². The third kappa shape index (κ3) is 5.59. The number of hydrogen-bond acceptors (Lipinski definition) is 4. The van der Waals surface area contributed by atoms with Gasteiger partial charge in [0.1, 0.15) is 11.4 Å². The van der Waals surface area contributed by atoms with Crippen molar-refractivity contribution in [3.8, 4) is 0 Å². The first kappa shape index (κ1) is 17.7. The second-order valence-corrected chi connectivity index (χ2v) is 5.88. The lowest BCUT2D eigenvalue weighted by Gasteiger charge is -2.19. The Morgan fingerprint density at radius 2 is 1.82 bits per heavy atom. The van der Waals surface area contributed by atoms with Crippen molar-refractivity contribution >= 4 is 17.7 Å². The monoisotopic (exact) mass is 311 g/mol. The standard InChI is InChI=1S/C15H22FN3O3/c1-9-7-10(17)8-11(12(9)16)13(20)18-5-6-19-14(21)22-15(2,3)4/h7-8H,5-6,17H2,1-4H3,(H,18,20)(H,19,21). The molecule has 0 spiro atoms. The highest BCUT2D eigenvalue weighted by molar-refractivity contribution is 5.95. The number of benzene rings is 1. The van der Waals surface area contributed by atoms with E-state index in [4.69, 9.17) is 10.5 Å². The number of hydrogen-bond donors (Lipinski definition) is 3. The highest BCUT2D eigenvalue weighted by atomic mass is 19.1. The summed E-state index contributed by atoms with van der Waals surface area (Å²) < 4.78 is 18.9. The molecule has 1 aromatic carbocycles. The highest BCUT2D eigenvalue weighted by Gasteiger charge is 2.16. The van der Waals surface area contributed by atoms with Gasteiger partial charge in [-0.2, -0.15) is 0 Å². The van der Waals surface area contributed by atoms with Crippen molar-refractivity contribution in [2.24, 2.45) is 0 Å². The number of nitrogen functional groups attached to an aromatic ring is 1. The summed E-state index contributed by atoms with van der Waals surface area (Å²) >= 11 is 0. The predicted molar refractivity (Wildman–Crippen MR) is 82.1 cm³/mol. The zero-order chi connectivity index (χ0) is 16.9. The van der Waals surface area contributed by atoms with E-state index in [2.05, 4.69) is 10.6 Å². The van der Waals surface area contributed by atoms with Crippen molar-refractivity contribution in [1.29, 1.82) is 0 Å². The van der Waals surface area contributed by atoms with Crippen molar-refractivity contribution in [1.82, 2.24) is 10.6 Å². The number of rotatable bonds is 4. The number of halogens is 1. The first-order chi connectivity index (χ1) is 10.1.